The number of nitrogens with zero attached hydrogens (tertiary/aromatic N) is 2. The molecule has 0 bridgehead atoms. The summed E-state index contributed by atoms with van der Waals surface area (Å²) >= 11 is 5.91. The third-order valence-electron chi connectivity index (χ3n) is 4.49. The Morgan fingerprint density at radius 3 is 2.79 bits per heavy atom. The first-order valence-electron chi connectivity index (χ1n) is 9.33. The third kappa shape index (κ3) is 6.11. The van der Waals surface area contributed by atoms with Gasteiger partial charge in [-0.25, -0.2) is 0 Å². The summed E-state index contributed by atoms with van der Waals surface area (Å²) in [7, 11) is 1.67. The van der Waals surface area contributed by atoms with Gasteiger partial charge < -0.3 is 19.4 Å². The van der Waals surface area contributed by atoms with E-state index in [0.29, 0.717) is 17.4 Å². The fourth-order valence-corrected chi connectivity index (χ4v) is 3.41. The van der Waals surface area contributed by atoms with Crippen LogP contribution in [-0.2, 0) is 9.53 Å². The Bertz CT molecular complexity index is 928. The van der Waals surface area contributed by atoms with E-state index in [1.807, 2.05) is 26.0 Å². The SMILES string of the molecule is COCC(C)n1c(C)cc(/C=C(\C#N)C(=O)NCCOc2cccc(Cl)c2)c1C. The highest BCUT2D eigenvalue weighted by Crippen LogP contribution is 2.23. The predicted molar refractivity (Wildman–Crippen MR) is 114 cm³/mol. The van der Waals surface area contributed by atoms with Crippen LogP contribution >= 0.6 is 11.6 Å². The zero-order valence-electron chi connectivity index (χ0n) is 17.2. The molecule has 29 heavy (non-hydrogen) atoms. The Balaban J connectivity index is 2.01. The molecule has 0 aliphatic carbocycles. The molecule has 154 valence electrons. The van der Waals surface area contributed by atoms with E-state index < -0.39 is 5.91 Å². The molecular formula is C22H26ClN3O3. The smallest absolute Gasteiger partial charge is 0.262 e. The lowest BCUT2D eigenvalue weighted by Crippen LogP contribution is -2.29. The van der Waals surface area contributed by atoms with Crippen molar-refractivity contribution in [2.75, 3.05) is 26.9 Å². The van der Waals surface area contributed by atoms with Crippen molar-refractivity contribution in [2.45, 2.75) is 26.8 Å². The highest BCUT2D eigenvalue weighted by atomic mass is 35.5. The molecule has 1 aromatic heterocycles. The van der Waals surface area contributed by atoms with Crippen LogP contribution in [0.15, 0.2) is 35.9 Å². The molecule has 1 atom stereocenters. The van der Waals surface area contributed by atoms with Crippen LogP contribution < -0.4 is 10.1 Å². The maximum absolute atomic E-state index is 12.4. The first-order valence-corrected chi connectivity index (χ1v) is 9.71. The number of aromatic nitrogens is 1. The molecule has 0 saturated heterocycles. The Morgan fingerprint density at radius 2 is 2.14 bits per heavy atom. The Hall–Kier alpha value is -2.75. The first kappa shape index (κ1) is 22.5. The van der Waals surface area contributed by atoms with Crippen LogP contribution in [0.4, 0.5) is 0 Å². The summed E-state index contributed by atoms with van der Waals surface area (Å²) in [5.41, 5.74) is 2.92. The van der Waals surface area contributed by atoms with Gasteiger partial charge in [0.25, 0.3) is 5.91 Å². The summed E-state index contributed by atoms with van der Waals surface area (Å²) < 4.78 is 12.9. The van der Waals surface area contributed by atoms with E-state index in [9.17, 15) is 10.1 Å². The van der Waals surface area contributed by atoms with E-state index in [-0.39, 0.29) is 24.8 Å². The summed E-state index contributed by atoms with van der Waals surface area (Å²) in [6, 6.07) is 11.1. The topological polar surface area (TPSA) is 76.3 Å². The summed E-state index contributed by atoms with van der Waals surface area (Å²) in [6.45, 7) is 7.15. The van der Waals surface area contributed by atoms with Crippen molar-refractivity contribution in [3.63, 3.8) is 0 Å². The minimum absolute atomic E-state index is 0.0485. The van der Waals surface area contributed by atoms with E-state index in [1.54, 1.807) is 37.5 Å². The Morgan fingerprint density at radius 1 is 1.38 bits per heavy atom. The molecule has 0 aliphatic heterocycles. The van der Waals surface area contributed by atoms with Gasteiger partial charge in [-0.1, -0.05) is 17.7 Å². The van der Waals surface area contributed by atoms with Gasteiger partial charge in [0.15, 0.2) is 0 Å². The van der Waals surface area contributed by atoms with E-state index in [0.717, 1.165) is 17.0 Å². The van der Waals surface area contributed by atoms with Crippen LogP contribution in [-0.4, -0.2) is 37.3 Å². The predicted octanol–water partition coefficient (Wildman–Crippen LogP) is 4.07. The molecule has 0 aliphatic rings. The molecule has 1 heterocycles. The lowest BCUT2D eigenvalue weighted by Gasteiger charge is -2.17. The highest BCUT2D eigenvalue weighted by molar-refractivity contribution is 6.30. The summed E-state index contributed by atoms with van der Waals surface area (Å²) in [6.07, 6.45) is 1.62. The van der Waals surface area contributed by atoms with Crippen molar-refractivity contribution >= 4 is 23.6 Å². The number of hydrogen-bond acceptors (Lipinski definition) is 4. The lowest BCUT2D eigenvalue weighted by molar-refractivity contribution is -0.117. The van der Waals surface area contributed by atoms with Gasteiger partial charge in [0.1, 0.15) is 24.0 Å². The minimum atomic E-state index is -0.433. The lowest BCUT2D eigenvalue weighted by atomic mass is 10.1. The van der Waals surface area contributed by atoms with Gasteiger partial charge in [0.05, 0.1) is 19.2 Å². The number of carbonyl (C=O) groups excluding carboxylic acids is 1. The third-order valence-corrected chi connectivity index (χ3v) is 4.72. The zero-order chi connectivity index (χ0) is 21.4. The second-order valence-electron chi connectivity index (χ2n) is 6.73. The average Bonchev–Trinajstić information content (AvgIpc) is 2.96. The Kier molecular flexibility index (Phi) is 8.32. The van der Waals surface area contributed by atoms with Crippen LogP contribution in [0.1, 0.15) is 29.9 Å². The standard InChI is InChI=1S/C22H26ClN3O3/c1-15-10-18(17(3)26(15)16(2)14-28-4)11-19(13-24)22(27)25-8-9-29-21-7-5-6-20(23)12-21/h5-7,10-12,16H,8-9,14H2,1-4H3,(H,25,27)/b19-11+. The van der Waals surface area contributed by atoms with Crippen molar-refractivity contribution in [3.05, 3.63) is 57.9 Å². The van der Waals surface area contributed by atoms with E-state index in [1.165, 1.54) is 0 Å². The maximum atomic E-state index is 12.4. The van der Waals surface area contributed by atoms with Gasteiger partial charge >= 0.3 is 0 Å². The quantitative estimate of drug-likeness (QED) is 0.380. The van der Waals surface area contributed by atoms with Gasteiger partial charge in [-0.05, 0) is 56.7 Å². The molecule has 7 heteroatoms. The minimum Gasteiger partial charge on any atom is -0.492 e. The second-order valence-corrected chi connectivity index (χ2v) is 7.17. The number of hydrogen-bond donors (Lipinski definition) is 1. The summed E-state index contributed by atoms with van der Waals surface area (Å²) in [5, 5.41) is 12.7. The average molecular weight is 416 g/mol. The van der Waals surface area contributed by atoms with Gasteiger partial charge in [-0.2, -0.15) is 5.26 Å². The number of carbonyl (C=O) groups is 1. The highest BCUT2D eigenvalue weighted by Gasteiger charge is 2.15. The van der Waals surface area contributed by atoms with Gasteiger partial charge in [0.2, 0.25) is 0 Å². The maximum Gasteiger partial charge on any atom is 0.262 e. The number of nitrogens with one attached hydrogen (secondary N) is 1. The van der Waals surface area contributed by atoms with Crippen molar-refractivity contribution in [1.29, 1.82) is 5.26 Å². The fraction of sp³-hybridized carbons (Fsp3) is 0.364. The van der Waals surface area contributed by atoms with Crippen LogP contribution in [0.5, 0.6) is 5.75 Å². The number of benzene rings is 1. The van der Waals surface area contributed by atoms with E-state index >= 15 is 0 Å². The molecule has 2 aromatic rings. The fourth-order valence-electron chi connectivity index (χ4n) is 3.23. The monoisotopic (exact) mass is 415 g/mol. The van der Waals surface area contributed by atoms with Crippen molar-refractivity contribution in [3.8, 4) is 11.8 Å². The van der Waals surface area contributed by atoms with Crippen molar-refractivity contribution in [2.24, 2.45) is 0 Å². The molecule has 6 nitrogen and oxygen atoms in total. The van der Waals surface area contributed by atoms with Crippen LogP contribution in [0.2, 0.25) is 5.02 Å². The molecule has 1 aromatic carbocycles. The molecule has 0 spiro atoms. The van der Waals surface area contributed by atoms with Crippen molar-refractivity contribution in [1.82, 2.24) is 9.88 Å². The Labute approximate surface area is 176 Å². The number of rotatable bonds is 9. The van der Waals surface area contributed by atoms with Crippen molar-refractivity contribution < 1.29 is 14.3 Å². The number of methoxy groups -OCH3 is 1. The molecule has 1 unspecified atom stereocenters. The largest absolute Gasteiger partial charge is 0.492 e. The van der Waals surface area contributed by atoms with Crippen LogP contribution in [0.3, 0.4) is 0 Å². The van der Waals surface area contributed by atoms with Crippen LogP contribution in [0.25, 0.3) is 6.08 Å². The zero-order valence-corrected chi connectivity index (χ0v) is 17.9. The molecule has 2 rings (SSSR count). The second kappa shape index (κ2) is 10.7. The van der Waals surface area contributed by atoms with Crippen LogP contribution in [0, 0.1) is 25.2 Å². The van der Waals surface area contributed by atoms with Gasteiger partial charge in [-0.3, -0.25) is 4.79 Å². The molecule has 0 radical (unpaired) electrons. The van der Waals surface area contributed by atoms with Gasteiger partial charge in [-0.15, -0.1) is 0 Å². The number of amides is 1. The first-order chi connectivity index (χ1) is 13.9. The number of ether oxygens (including phenoxy) is 2. The molecular weight excluding hydrogens is 390 g/mol. The molecule has 1 amide bonds. The van der Waals surface area contributed by atoms with E-state index in [4.69, 9.17) is 21.1 Å². The normalized spacial score (nSPS) is 12.3. The summed E-state index contributed by atoms with van der Waals surface area (Å²) in [4.78, 5) is 12.4. The van der Waals surface area contributed by atoms with E-state index in [2.05, 4.69) is 16.8 Å². The number of halogens is 1. The number of aryl methyl sites for hydroxylation is 1. The molecule has 0 fully saturated rings. The van der Waals surface area contributed by atoms with Gasteiger partial charge in [0, 0.05) is 23.5 Å². The molecule has 1 N–H and O–H groups in total. The number of nitriles is 1. The molecule has 0 saturated carbocycles. The summed E-state index contributed by atoms with van der Waals surface area (Å²) in [5.74, 6) is 0.192.